The summed E-state index contributed by atoms with van der Waals surface area (Å²) in [7, 11) is 1.63. The molecule has 0 bridgehead atoms. The Morgan fingerprint density at radius 2 is 1.62 bits per heavy atom. The average molecular weight is 406 g/mol. The highest BCUT2D eigenvalue weighted by molar-refractivity contribution is 5.77. The lowest BCUT2D eigenvalue weighted by Crippen LogP contribution is -2.46. The summed E-state index contributed by atoms with van der Waals surface area (Å²) in [5.74, 6) is 0.752. The van der Waals surface area contributed by atoms with E-state index in [1.807, 2.05) is 0 Å². The molecule has 0 N–H and O–H groups in total. The summed E-state index contributed by atoms with van der Waals surface area (Å²) >= 11 is 0. The summed E-state index contributed by atoms with van der Waals surface area (Å²) in [5, 5.41) is 0. The number of methoxy groups -OCH3 is 1. The molecule has 6 heteroatoms. The highest BCUT2D eigenvalue weighted by atomic mass is 19.4. The number of ether oxygens (including phenoxy) is 1. The minimum Gasteiger partial charge on any atom is -0.496 e. The third-order valence-corrected chi connectivity index (χ3v) is 5.58. The van der Waals surface area contributed by atoms with E-state index >= 15 is 0 Å². The number of halogens is 3. The Bertz CT molecular complexity index is 810. The van der Waals surface area contributed by atoms with E-state index in [-0.39, 0.29) is 0 Å². The van der Waals surface area contributed by atoms with Crippen molar-refractivity contribution in [2.75, 3.05) is 44.7 Å². The van der Waals surface area contributed by atoms with Crippen LogP contribution in [0.15, 0.2) is 36.4 Å². The number of likely N-dealkylation sites (N-methyl/N-ethyl adjacent to an activating group) is 1. The van der Waals surface area contributed by atoms with Crippen LogP contribution >= 0.6 is 0 Å². The predicted octanol–water partition coefficient (Wildman–Crippen LogP) is 5.48. The van der Waals surface area contributed by atoms with Crippen molar-refractivity contribution in [3.05, 3.63) is 47.5 Å². The Labute approximate surface area is 171 Å². The van der Waals surface area contributed by atoms with Gasteiger partial charge in [-0.3, -0.25) is 0 Å². The van der Waals surface area contributed by atoms with Gasteiger partial charge in [-0.25, -0.2) is 0 Å². The quantitative estimate of drug-likeness (QED) is 0.632. The first-order valence-corrected chi connectivity index (χ1v) is 10.2. The van der Waals surface area contributed by atoms with Crippen molar-refractivity contribution < 1.29 is 17.9 Å². The van der Waals surface area contributed by atoms with Gasteiger partial charge < -0.3 is 14.5 Å². The smallest absolute Gasteiger partial charge is 0.416 e. The van der Waals surface area contributed by atoms with Gasteiger partial charge in [-0.1, -0.05) is 32.4 Å². The summed E-state index contributed by atoms with van der Waals surface area (Å²) in [6.07, 6.45) is -2.51. The molecule has 29 heavy (non-hydrogen) atoms. The van der Waals surface area contributed by atoms with Crippen LogP contribution in [-0.2, 0) is 12.6 Å². The number of hydrogen-bond acceptors (Lipinski definition) is 3. The van der Waals surface area contributed by atoms with Gasteiger partial charge in [0.2, 0.25) is 0 Å². The summed E-state index contributed by atoms with van der Waals surface area (Å²) in [4.78, 5) is 4.78. The van der Waals surface area contributed by atoms with Gasteiger partial charge in [0.25, 0.3) is 0 Å². The fourth-order valence-corrected chi connectivity index (χ4v) is 3.93. The molecular formula is C23H29F3N2O. The van der Waals surface area contributed by atoms with E-state index in [1.54, 1.807) is 7.11 Å². The number of alkyl halides is 3. The van der Waals surface area contributed by atoms with Crippen LogP contribution in [0.4, 0.5) is 18.9 Å². The second kappa shape index (κ2) is 9.08. The maximum absolute atomic E-state index is 13.0. The molecule has 0 saturated carbocycles. The molecule has 0 unspecified atom stereocenters. The van der Waals surface area contributed by atoms with E-state index in [2.05, 4.69) is 35.8 Å². The molecule has 0 atom stereocenters. The number of aryl methyl sites for hydroxylation is 1. The van der Waals surface area contributed by atoms with Crippen molar-refractivity contribution in [3.8, 4) is 16.9 Å². The van der Waals surface area contributed by atoms with Crippen LogP contribution in [0.1, 0.15) is 31.4 Å². The highest BCUT2D eigenvalue weighted by Gasteiger charge is 2.30. The van der Waals surface area contributed by atoms with E-state index in [1.165, 1.54) is 12.1 Å². The van der Waals surface area contributed by atoms with Crippen molar-refractivity contribution >= 4 is 5.69 Å². The number of rotatable bonds is 6. The van der Waals surface area contributed by atoms with Gasteiger partial charge in [0.15, 0.2) is 0 Å². The summed E-state index contributed by atoms with van der Waals surface area (Å²) in [6.45, 7) is 9.25. The van der Waals surface area contributed by atoms with Crippen molar-refractivity contribution in [1.29, 1.82) is 0 Å². The molecular weight excluding hydrogens is 377 g/mol. The molecule has 158 valence electrons. The van der Waals surface area contributed by atoms with E-state index in [9.17, 15) is 13.2 Å². The molecule has 0 aromatic heterocycles. The van der Waals surface area contributed by atoms with Crippen molar-refractivity contribution in [1.82, 2.24) is 4.90 Å². The number of hydrogen-bond donors (Lipinski definition) is 0. The van der Waals surface area contributed by atoms with Gasteiger partial charge in [-0.2, -0.15) is 13.2 Å². The van der Waals surface area contributed by atoms with Crippen LogP contribution in [0.5, 0.6) is 5.75 Å². The monoisotopic (exact) mass is 406 g/mol. The van der Waals surface area contributed by atoms with Gasteiger partial charge in [-0.15, -0.1) is 0 Å². The van der Waals surface area contributed by atoms with Crippen LogP contribution in [0.3, 0.4) is 0 Å². The molecule has 2 aromatic carbocycles. The maximum atomic E-state index is 13.0. The second-order valence-corrected chi connectivity index (χ2v) is 7.43. The molecule has 0 spiro atoms. The van der Waals surface area contributed by atoms with Crippen molar-refractivity contribution in [3.63, 3.8) is 0 Å². The normalized spacial score (nSPS) is 15.6. The molecule has 1 aliphatic rings. The number of nitrogens with zero attached hydrogens (tertiary/aromatic N) is 2. The fourth-order valence-electron chi connectivity index (χ4n) is 3.93. The Morgan fingerprint density at radius 1 is 0.966 bits per heavy atom. The lowest BCUT2D eigenvalue weighted by Gasteiger charge is -2.36. The van der Waals surface area contributed by atoms with Gasteiger partial charge in [0.05, 0.1) is 12.7 Å². The first kappa shape index (κ1) is 21.5. The molecule has 1 fully saturated rings. The summed E-state index contributed by atoms with van der Waals surface area (Å²) in [6, 6.07) is 9.59. The van der Waals surface area contributed by atoms with Gasteiger partial charge in [-0.05, 0) is 48.4 Å². The molecule has 2 aromatic rings. The molecule has 1 heterocycles. The standard InChI is InChI=1S/C23H29F3N2O/c1-4-6-18-15-20(28-13-11-27(5-2)12-14-28)16-21(22(18)29-3)17-7-9-19(10-8-17)23(24,25)26/h7-10,15-16H,4-6,11-14H2,1-3H3. The Hall–Kier alpha value is -2.21. The van der Waals surface area contributed by atoms with Crippen LogP contribution < -0.4 is 9.64 Å². The van der Waals surface area contributed by atoms with Crippen LogP contribution in [0.2, 0.25) is 0 Å². The van der Waals surface area contributed by atoms with Crippen molar-refractivity contribution in [2.24, 2.45) is 0 Å². The molecule has 3 nitrogen and oxygen atoms in total. The molecule has 0 amide bonds. The minimum absolute atomic E-state index is 0.638. The molecule has 3 rings (SSSR count). The Balaban J connectivity index is 2.01. The number of piperazine rings is 1. The van der Waals surface area contributed by atoms with Gasteiger partial charge >= 0.3 is 6.18 Å². The topological polar surface area (TPSA) is 15.7 Å². The van der Waals surface area contributed by atoms with Gasteiger partial charge in [0.1, 0.15) is 5.75 Å². The van der Waals surface area contributed by atoms with Gasteiger partial charge in [0, 0.05) is 37.4 Å². The average Bonchev–Trinajstić information content (AvgIpc) is 2.73. The summed E-state index contributed by atoms with van der Waals surface area (Å²) in [5.41, 5.74) is 3.16. The van der Waals surface area contributed by atoms with E-state index in [0.717, 1.165) is 85.8 Å². The van der Waals surface area contributed by atoms with Crippen molar-refractivity contribution in [2.45, 2.75) is 32.9 Å². The lowest BCUT2D eigenvalue weighted by atomic mass is 9.96. The third-order valence-electron chi connectivity index (χ3n) is 5.58. The number of benzene rings is 2. The fraction of sp³-hybridized carbons (Fsp3) is 0.478. The molecule has 0 aliphatic carbocycles. The minimum atomic E-state index is -4.34. The number of anilines is 1. The largest absolute Gasteiger partial charge is 0.496 e. The zero-order valence-corrected chi connectivity index (χ0v) is 17.4. The Kier molecular flexibility index (Phi) is 6.73. The first-order valence-electron chi connectivity index (χ1n) is 10.2. The van der Waals surface area contributed by atoms with E-state index in [4.69, 9.17) is 4.74 Å². The van der Waals surface area contributed by atoms with Crippen LogP contribution in [0.25, 0.3) is 11.1 Å². The zero-order chi connectivity index (χ0) is 21.0. The zero-order valence-electron chi connectivity index (χ0n) is 17.4. The Morgan fingerprint density at radius 3 is 2.14 bits per heavy atom. The van der Waals surface area contributed by atoms with Crippen LogP contribution in [-0.4, -0.2) is 44.7 Å². The molecule has 1 aliphatic heterocycles. The van der Waals surface area contributed by atoms with Crippen LogP contribution in [0, 0.1) is 0 Å². The molecule has 1 saturated heterocycles. The van der Waals surface area contributed by atoms with E-state index in [0.29, 0.717) is 0 Å². The SMILES string of the molecule is CCCc1cc(N2CCN(CC)CC2)cc(-c2ccc(C(F)(F)F)cc2)c1OC. The molecule has 0 radical (unpaired) electrons. The highest BCUT2D eigenvalue weighted by Crippen LogP contribution is 2.39. The second-order valence-electron chi connectivity index (χ2n) is 7.43. The lowest BCUT2D eigenvalue weighted by molar-refractivity contribution is -0.137. The summed E-state index contributed by atoms with van der Waals surface area (Å²) < 4.78 is 44.6. The maximum Gasteiger partial charge on any atom is 0.416 e. The predicted molar refractivity (Wildman–Crippen MR) is 112 cm³/mol. The third kappa shape index (κ3) is 4.86. The van der Waals surface area contributed by atoms with E-state index < -0.39 is 11.7 Å². The first-order chi connectivity index (χ1) is 13.9.